The number of aromatic amines is 1. The normalized spacial score (nSPS) is 10.9. The largest absolute Gasteiger partial charge is 0.466 e. The van der Waals surface area contributed by atoms with Gasteiger partial charge in [0.15, 0.2) is 0 Å². The van der Waals surface area contributed by atoms with Crippen LogP contribution >= 0.6 is 11.3 Å². The highest BCUT2D eigenvalue weighted by atomic mass is 32.1. The van der Waals surface area contributed by atoms with E-state index in [2.05, 4.69) is 16.8 Å². The predicted octanol–water partition coefficient (Wildman–Crippen LogP) is 1.91. The van der Waals surface area contributed by atoms with Crippen LogP contribution in [0.25, 0.3) is 0 Å². The lowest BCUT2D eigenvalue weighted by Gasteiger charge is -2.20. The van der Waals surface area contributed by atoms with E-state index in [-0.39, 0.29) is 10.8 Å². The molecule has 0 aliphatic heterocycles. The van der Waals surface area contributed by atoms with Crippen LogP contribution in [0.5, 0.6) is 0 Å². The van der Waals surface area contributed by atoms with Crippen LogP contribution in [0, 0.1) is 6.92 Å². The van der Waals surface area contributed by atoms with Crippen LogP contribution in [0.3, 0.4) is 0 Å². The first-order valence-electron chi connectivity index (χ1n) is 6.63. The first-order chi connectivity index (χ1) is 9.06. The Kier molecular flexibility index (Phi) is 6.80. The Morgan fingerprint density at radius 1 is 1.37 bits per heavy atom. The van der Waals surface area contributed by atoms with E-state index in [1.807, 2.05) is 13.8 Å². The zero-order valence-electron chi connectivity index (χ0n) is 11.8. The fourth-order valence-corrected chi connectivity index (χ4v) is 2.74. The number of hydrogen-bond acceptors (Lipinski definition) is 5. The molecule has 0 amide bonds. The van der Waals surface area contributed by atoms with Gasteiger partial charge >= 0.3 is 10.8 Å². The molecule has 1 N–H and O–H groups in total. The highest BCUT2D eigenvalue weighted by Gasteiger charge is 2.12. The molecule has 0 atom stereocenters. The van der Waals surface area contributed by atoms with Gasteiger partial charge in [-0.25, -0.2) is 0 Å². The number of ether oxygens (including phenoxy) is 1. The molecule has 6 heteroatoms. The van der Waals surface area contributed by atoms with E-state index in [1.54, 1.807) is 0 Å². The van der Waals surface area contributed by atoms with E-state index < -0.39 is 0 Å². The SMILES string of the molecule is CCCN(CCC(=O)OCC)Cc1sc(=O)[nH]c1C. The van der Waals surface area contributed by atoms with Crippen LogP contribution in [-0.4, -0.2) is 35.5 Å². The number of nitrogens with one attached hydrogen (secondary N) is 1. The molecule has 0 aromatic carbocycles. The molecule has 19 heavy (non-hydrogen) atoms. The van der Waals surface area contributed by atoms with Gasteiger partial charge in [0.2, 0.25) is 0 Å². The van der Waals surface area contributed by atoms with Gasteiger partial charge in [-0.05, 0) is 26.8 Å². The summed E-state index contributed by atoms with van der Waals surface area (Å²) in [6.07, 6.45) is 1.41. The number of H-pyrrole nitrogens is 1. The second kappa shape index (κ2) is 8.12. The number of carbonyl (C=O) groups excluding carboxylic acids is 1. The van der Waals surface area contributed by atoms with Gasteiger partial charge in [0.05, 0.1) is 13.0 Å². The molecular weight excluding hydrogens is 264 g/mol. The minimum Gasteiger partial charge on any atom is -0.466 e. The molecule has 1 heterocycles. The highest BCUT2D eigenvalue weighted by molar-refractivity contribution is 7.09. The fourth-order valence-electron chi connectivity index (χ4n) is 1.86. The molecule has 0 unspecified atom stereocenters. The van der Waals surface area contributed by atoms with E-state index >= 15 is 0 Å². The van der Waals surface area contributed by atoms with E-state index in [0.717, 1.165) is 23.5 Å². The monoisotopic (exact) mass is 286 g/mol. The van der Waals surface area contributed by atoms with Gasteiger partial charge < -0.3 is 9.72 Å². The molecule has 0 fully saturated rings. The molecule has 0 aliphatic rings. The summed E-state index contributed by atoms with van der Waals surface area (Å²) in [5.74, 6) is -0.164. The fraction of sp³-hybridized carbons (Fsp3) is 0.692. The molecule has 0 bridgehead atoms. The van der Waals surface area contributed by atoms with Gasteiger partial charge in [-0.15, -0.1) is 0 Å². The van der Waals surface area contributed by atoms with E-state index in [1.165, 1.54) is 11.3 Å². The predicted molar refractivity (Wildman–Crippen MR) is 76.5 cm³/mol. The van der Waals surface area contributed by atoms with Crippen molar-refractivity contribution < 1.29 is 9.53 Å². The number of thiazole rings is 1. The Morgan fingerprint density at radius 2 is 2.11 bits per heavy atom. The summed E-state index contributed by atoms with van der Waals surface area (Å²) in [4.78, 5) is 28.6. The second-order valence-electron chi connectivity index (χ2n) is 4.39. The quantitative estimate of drug-likeness (QED) is 0.742. The highest BCUT2D eigenvalue weighted by Crippen LogP contribution is 2.12. The van der Waals surface area contributed by atoms with Gasteiger partial charge in [0.1, 0.15) is 0 Å². The Morgan fingerprint density at radius 3 is 2.63 bits per heavy atom. The summed E-state index contributed by atoms with van der Waals surface area (Å²) in [5, 5.41) is 0. The molecule has 1 aromatic heterocycles. The molecule has 0 saturated carbocycles. The zero-order valence-corrected chi connectivity index (χ0v) is 12.6. The van der Waals surface area contributed by atoms with Crippen LogP contribution < -0.4 is 4.87 Å². The van der Waals surface area contributed by atoms with Gasteiger partial charge in [-0.3, -0.25) is 14.5 Å². The van der Waals surface area contributed by atoms with E-state index in [9.17, 15) is 9.59 Å². The molecule has 0 spiro atoms. The molecule has 5 nitrogen and oxygen atoms in total. The maximum Gasteiger partial charge on any atom is 0.307 e. The molecule has 1 aromatic rings. The maximum atomic E-state index is 11.4. The van der Waals surface area contributed by atoms with Crippen molar-refractivity contribution in [3.05, 3.63) is 20.2 Å². The third kappa shape index (κ3) is 5.57. The third-order valence-corrected chi connectivity index (χ3v) is 3.74. The minimum absolute atomic E-state index is 0.0191. The number of aromatic nitrogens is 1. The van der Waals surface area contributed by atoms with Crippen molar-refractivity contribution in [3.8, 4) is 0 Å². The summed E-state index contributed by atoms with van der Waals surface area (Å²) in [6, 6.07) is 0. The van der Waals surface area contributed by atoms with E-state index in [4.69, 9.17) is 4.74 Å². The minimum atomic E-state index is -0.164. The van der Waals surface area contributed by atoms with Gasteiger partial charge in [0.25, 0.3) is 0 Å². The van der Waals surface area contributed by atoms with Crippen LogP contribution in [0.2, 0.25) is 0 Å². The van der Waals surface area contributed by atoms with Crippen molar-refractivity contribution in [2.24, 2.45) is 0 Å². The molecule has 0 saturated heterocycles. The lowest BCUT2D eigenvalue weighted by molar-refractivity contribution is -0.143. The van der Waals surface area contributed by atoms with Crippen LogP contribution in [-0.2, 0) is 16.1 Å². The van der Waals surface area contributed by atoms with Crippen LogP contribution in [0.1, 0.15) is 37.3 Å². The lowest BCUT2D eigenvalue weighted by atomic mass is 10.3. The number of aryl methyl sites for hydroxylation is 1. The van der Waals surface area contributed by atoms with Crippen molar-refractivity contribution in [1.29, 1.82) is 0 Å². The van der Waals surface area contributed by atoms with Gasteiger partial charge in [0, 0.05) is 23.7 Å². The Bertz CT molecular complexity index is 453. The number of hydrogen-bond donors (Lipinski definition) is 1. The summed E-state index contributed by atoms with van der Waals surface area (Å²) in [7, 11) is 0. The smallest absolute Gasteiger partial charge is 0.307 e. The summed E-state index contributed by atoms with van der Waals surface area (Å²) in [5.41, 5.74) is 0.923. The van der Waals surface area contributed by atoms with Gasteiger partial charge in [-0.1, -0.05) is 18.3 Å². The Labute approximate surface area is 117 Å². The number of nitrogens with zero attached hydrogens (tertiary/aromatic N) is 1. The standard InChI is InChI=1S/C13H22N2O3S/c1-4-7-15(8-6-12(16)18-5-2)9-11-10(3)14-13(17)19-11/h4-9H2,1-3H3,(H,14,17). The first kappa shape index (κ1) is 15.9. The summed E-state index contributed by atoms with van der Waals surface area (Å²) >= 11 is 1.24. The summed E-state index contributed by atoms with van der Waals surface area (Å²) in [6.45, 7) is 8.52. The number of esters is 1. The summed E-state index contributed by atoms with van der Waals surface area (Å²) < 4.78 is 4.93. The maximum absolute atomic E-state index is 11.4. The Hall–Kier alpha value is -1.14. The average Bonchev–Trinajstić information content (AvgIpc) is 2.65. The van der Waals surface area contributed by atoms with Crippen molar-refractivity contribution >= 4 is 17.3 Å². The molecular formula is C13H22N2O3S. The molecule has 1 rings (SSSR count). The van der Waals surface area contributed by atoms with Crippen molar-refractivity contribution in [2.45, 2.75) is 40.2 Å². The molecule has 0 radical (unpaired) electrons. The average molecular weight is 286 g/mol. The number of rotatable bonds is 8. The van der Waals surface area contributed by atoms with Crippen molar-refractivity contribution in [3.63, 3.8) is 0 Å². The topological polar surface area (TPSA) is 62.4 Å². The van der Waals surface area contributed by atoms with Crippen LogP contribution in [0.15, 0.2) is 4.79 Å². The zero-order chi connectivity index (χ0) is 14.3. The lowest BCUT2D eigenvalue weighted by Crippen LogP contribution is -2.27. The molecule has 0 aliphatic carbocycles. The van der Waals surface area contributed by atoms with Crippen molar-refractivity contribution in [1.82, 2.24) is 9.88 Å². The van der Waals surface area contributed by atoms with E-state index in [0.29, 0.717) is 26.1 Å². The Balaban J connectivity index is 2.55. The number of carbonyl (C=O) groups is 1. The first-order valence-corrected chi connectivity index (χ1v) is 7.45. The van der Waals surface area contributed by atoms with Crippen LogP contribution in [0.4, 0.5) is 0 Å². The third-order valence-electron chi connectivity index (χ3n) is 2.77. The van der Waals surface area contributed by atoms with Gasteiger partial charge in [-0.2, -0.15) is 0 Å². The van der Waals surface area contributed by atoms with Crippen molar-refractivity contribution in [2.75, 3.05) is 19.7 Å². The second-order valence-corrected chi connectivity index (χ2v) is 5.46. The molecule has 108 valence electrons.